The van der Waals surface area contributed by atoms with Crippen molar-refractivity contribution in [2.75, 3.05) is 0 Å². The number of imide groups is 1. The van der Waals surface area contributed by atoms with Crippen LogP contribution in [0.25, 0.3) is 0 Å². The van der Waals surface area contributed by atoms with E-state index < -0.39 is 6.04 Å². The van der Waals surface area contributed by atoms with E-state index in [2.05, 4.69) is 15.9 Å². The van der Waals surface area contributed by atoms with E-state index in [0.29, 0.717) is 19.4 Å². The second-order valence-corrected chi connectivity index (χ2v) is 6.22. The zero-order valence-electron chi connectivity index (χ0n) is 8.48. The van der Waals surface area contributed by atoms with Crippen LogP contribution < -0.4 is 5.73 Å². The predicted molar refractivity (Wildman–Crippen MR) is 64.8 cm³/mol. The number of nitrogens with two attached hydrogens (primary N) is 1. The molecule has 1 fully saturated rings. The quantitative estimate of drug-likeness (QED) is 0.842. The minimum absolute atomic E-state index is 0.128. The van der Waals surface area contributed by atoms with Crippen molar-refractivity contribution >= 4 is 39.1 Å². The molecule has 1 saturated heterocycles. The fraction of sp³-hybridized carbons (Fsp3) is 0.400. The summed E-state index contributed by atoms with van der Waals surface area (Å²) >= 11 is 4.86. The van der Waals surface area contributed by atoms with E-state index in [1.54, 1.807) is 0 Å². The molecule has 2 N–H and O–H groups in total. The molecule has 1 aromatic rings. The maximum Gasteiger partial charge on any atom is 0.246 e. The van der Waals surface area contributed by atoms with Crippen LogP contribution in [0.3, 0.4) is 0 Å². The van der Waals surface area contributed by atoms with Crippen molar-refractivity contribution in [2.45, 2.75) is 25.4 Å². The van der Waals surface area contributed by atoms with Crippen LogP contribution in [0.5, 0.6) is 0 Å². The van der Waals surface area contributed by atoms with Gasteiger partial charge in [0.05, 0.1) is 16.4 Å². The molecule has 6 heteroatoms. The Kier molecular flexibility index (Phi) is 3.41. The highest BCUT2D eigenvalue weighted by Crippen LogP contribution is 2.24. The van der Waals surface area contributed by atoms with Crippen LogP contribution in [0, 0.1) is 0 Å². The summed E-state index contributed by atoms with van der Waals surface area (Å²) in [7, 11) is 0. The first-order valence-corrected chi connectivity index (χ1v) is 6.53. The minimum Gasteiger partial charge on any atom is -0.320 e. The van der Waals surface area contributed by atoms with Crippen LogP contribution in [0.4, 0.5) is 0 Å². The average Bonchev–Trinajstić information content (AvgIpc) is 2.65. The molecular formula is C10H11BrN2O2S. The highest BCUT2D eigenvalue weighted by molar-refractivity contribution is 9.11. The lowest BCUT2D eigenvalue weighted by atomic mass is 10.1. The second kappa shape index (κ2) is 4.65. The fourth-order valence-corrected chi connectivity index (χ4v) is 3.09. The Bertz CT molecular complexity index is 432. The molecule has 0 aliphatic carbocycles. The largest absolute Gasteiger partial charge is 0.320 e. The number of piperidine rings is 1. The van der Waals surface area contributed by atoms with Crippen molar-refractivity contribution in [3.8, 4) is 0 Å². The SMILES string of the molecule is NC1CCC(=O)N(Cc2ccc(Br)s2)C1=O. The number of halogens is 1. The van der Waals surface area contributed by atoms with Gasteiger partial charge in [0.2, 0.25) is 11.8 Å². The van der Waals surface area contributed by atoms with Gasteiger partial charge in [-0.1, -0.05) is 0 Å². The zero-order chi connectivity index (χ0) is 11.7. The van der Waals surface area contributed by atoms with Gasteiger partial charge in [-0.05, 0) is 34.5 Å². The highest BCUT2D eigenvalue weighted by Gasteiger charge is 2.32. The molecule has 0 radical (unpaired) electrons. The fourth-order valence-electron chi connectivity index (χ4n) is 1.62. The van der Waals surface area contributed by atoms with Crippen LogP contribution in [0.15, 0.2) is 15.9 Å². The normalized spacial score (nSPS) is 21.6. The number of thiophene rings is 1. The van der Waals surface area contributed by atoms with Gasteiger partial charge in [0, 0.05) is 11.3 Å². The number of nitrogens with zero attached hydrogens (tertiary/aromatic N) is 1. The third-order valence-corrected chi connectivity index (χ3v) is 4.10. The molecule has 2 heterocycles. The van der Waals surface area contributed by atoms with Gasteiger partial charge < -0.3 is 5.73 Å². The van der Waals surface area contributed by atoms with E-state index in [1.165, 1.54) is 16.2 Å². The van der Waals surface area contributed by atoms with Gasteiger partial charge in [0.1, 0.15) is 0 Å². The van der Waals surface area contributed by atoms with Crippen molar-refractivity contribution in [2.24, 2.45) is 5.73 Å². The number of rotatable bonds is 2. The lowest BCUT2D eigenvalue weighted by Gasteiger charge is -2.28. The van der Waals surface area contributed by atoms with E-state index in [4.69, 9.17) is 5.73 Å². The van der Waals surface area contributed by atoms with E-state index >= 15 is 0 Å². The average molecular weight is 303 g/mol. The Morgan fingerprint density at radius 1 is 1.50 bits per heavy atom. The van der Waals surface area contributed by atoms with E-state index in [9.17, 15) is 9.59 Å². The van der Waals surface area contributed by atoms with Gasteiger partial charge >= 0.3 is 0 Å². The molecular weight excluding hydrogens is 292 g/mol. The molecule has 1 atom stereocenters. The van der Waals surface area contributed by atoms with Gasteiger partial charge in [-0.3, -0.25) is 14.5 Å². The van der Waals surface area contributed by atoms with Gasteiger partial charge in [-0.15, -0.1) is 11.3 Å². The molecule has 1 aliphatic heterocycles. The number of hydrogen-bond donors (Lipinski definition) is 1. The van der Waals surface area contributed by atoms with Crippen molar-refractivity contribution < 1.29 is 9.59 Å². The van der Waals surface area contributed by atoms with Crippen LogP contribution >= 0.6 is 27.3 Å². The van der Waals surface area contributed by atoms with Crippen molar-refractivity contribution in [1.82, 2.24) is 4.90 Å². The lowest BCUT2D eigenvalue weighted by Crippen LogP contribution is -2.50. The first kappa shape index (κ1) is 11.8. The van der Waals surface area contributed by atoms with Crippen LogP contribution in [-0.2, 0) is 16.1 Å². The number of carbonyl (C=O) groups is 2. The molecule has 0 aromatic carbocycles. The minimum atomic E-state index is -0.527. The summed E-state index contributed by atoms with van der Waals surface area (Å²) in [4.78, 5) is 25.6. The third-order valence-electron chi connectivity index (χ3n) is 2.50. The molecule has 2 amide bonds. The van der Waals surface area contributed by atoms with Crippen LogP contribution in [-0.4, -0.2) is 22.8 Å². The maximum atomic E-state index is 11.7. The first-order chi connectivity index (χ1) is 7.58. The lowest BCUT2D eigenvalue weighted by molar-refractivity contribution is -0.149. The number of amides is 2. The summed E-state index contributed by atoms with van der Waals surface area (Å²) in [6.45, 7) is 0.335. The van der Waals surface area contributed by atoms with E-state index in [1.807, 2.05) is 12.1 Å². The highest BCUT2D eigenvalue weighted by atomic mass is 79.9. The molecule has 0 saturated carbocycles. The van der Waals surface area contributed by atoms with Crippen molar-refractivity contribution in [3.63, 3.8) is 0 Å². The molecule has 1 unspecified atom stereocenters. The smallest absolute Gasteiger partial charge is 0.246 e. The maximum absolute atomic E-state index is 11.7. The van der Waals surface area contributed by atoms with Gasteiger partial charge in [0.15, 0.2) is 0 Å². The Balaban J connectivity index is 2.13. The third kappa shape index (κ3) is 2.34. The Morgan fingerprint density at radius 3 is 2.88 bits per heavy atom. The van der Waals surface area contributed by atoms with Gasteiger partial charge in [0.25, 0.3) is 0 Å². The summed E-state index contributed by atoms with van der Waals surface area (Å²) in [6, 6.07) is 3.27. The molecule has 86 valence electrons. The second-order valence-electron chi connectivity index (χ2n) is 3.67. The zero-order valence-corrected chi connectivity index (χ0v) is 10.9. The molecule has 1 aromatic heterocycles. The summed E-state index contributed by atoms with van der Waals surface area (Å²) in [6.07, 6.45) is 0.821. The Labute approximate surface area is 106 Å². The van der Waals surface area contributed by atoms with Gasteiger partial charge in [-0.25, -0.2) is 0 Å². The van der Waals surface area contributed by atoms with Gasteiger partial charge in [-0.2, -0.15) is 0 Å². The molecule has 2 rings (SSSR count). The van der Waals surface area contributed by atoms with Crippen molar-refractivity contribution in [3.05, 3.63) is 20.8 Å². The molecule has 1 aliphatic rings. The molecule has 4 nitrogen and oxygen atoms in total. The van der Waals surface area contributed by atoms with Crippen LogP contribution in [0.1, 0.15) is 17.7 Å². The van der Waals surface area contributed by atoms with Crippen LogP contribution in [0.2, 0.25) is 0 Å². The molecule has 0 spiro atoms. The van der Waals surface area contributed by atoms with E-state index in [-0.39, 0.29) is 11.8 Å². The Hall–Kier alpha value is -0.720. The predicted octanol–water partition coefficient (Wildman–Crippen LogP) is 1.49. The summed E-state index contributed by atoms with van der Waals surface area (Å²) in [5, 5.41) is 0. The summed E-state index contributed by atoms with van der Waals surface area (Å²) in [5.74, 6) is -0.392. The number of carbonyl (C=O) groups excluding carboxylic acids is 2. The first-order valence-electron chi connectivity index (χ1n) is 4.92. The Morgan fingerprint density at radius 2 is 2.25 bits per heavy atom. The van der Waals surface area contributed by atoms with E-state index in [0.717, 1.165) is 8.66 Å². The number of hydrogen-bond acceptors (Lipinski definition) is 4. The molecule has 0 bridgehead atoms. The van der Waals surface area contributed by atoms with Crippen molar-refractivity contribution in [1.29, 1.82) is 0 Å². The monoisotopic (exact) mass is 302 g/mol. The molecule has 16 heavy (non-hydrogen) atoms. The number of likely N-dealkylation sites (tertiary alicyclic amines) is 1. The standard InChI is InChI=1S/C10H11BrN2O2S/c11-8-3-1-6(16-8)5-13-9(14)4-2-7(12)10(13)15/h1,3,7H,2,4-5,12H2. The summed E-state index contributed by atoms with van der Waals surface area (Å²) in [5.41, 5.74) is 5.64. The summed E-state index contributed by atoms with van der Waals surface area (Å²) < 4.78 is 0.990. The topological polar surface area (TPSA) is 63.4 Å².